The van der Waals surface area contributed by atoms with E-state index < -0.39 is 0 Å². The summed E-state index contributed by atoms with van der Waals surface area (Å²) in [6.07, 6.45) is 1.84. The summed E-state index contributed by atoms with van der Waals surface area (Å²) in [5.74, 6) is 0.545. The molecule has 2 aromatic carbocycles. The fourth-order valence-electron chi connectivity index (χ4n) is 3.35. The first-order valence-electron chi connectivity index (χ1n) is 9.17. The van der Waals surface area contributed by atoms with Crippen molar-refractivity contribution in [2.24, 2.45) is 0 Å². The van der Waals surface area contributed by atoms with Crippen LogP contribution in [-0.4, -0.2) is 15.0 Å². The molecule has 0 atom stereocenters. The van der Waals surface area contributed by atoms with E-state index in [2.05, 4.69) is 31.7 Å². The van der Waals surface area contributed by atoms with Crippen molar-refractivity contribution in [1.82, 2.24) is 15.0 Å². The van der Waals surface area contributed by atoms with Gasteiger partial charge in [0.05, 0.1) is 20.2 Å². The van der Waals surface area contributed by atoms with Crippen LogP contribution in [0.1, 0.15) is 10.7 Å². The minimum absolute atomic E-state index is 0.306. The highest BCUT2D eigenvalue weighted by Crippen LogP contribution is 2.30. The van der Waals surface area contributed by atoms with Crippen molar-refractivity contribution in [3.05, 3.63) is 70.5 Å². The summed E-state index contributed by atoms with van der Waals surface area (Å²) >= 11 is 8.03. The smallest absolute Gasteiger partial charge is 0.144 e. The average Bonchev–Trinajstić information content (AvgIpc) is 3.33. The van der Waals surface area contributed by atoms with E-state index in [4.69, 9.17) is 11.6 Å². The summed E-state index contributed by atoms with van der Waals surface area (Å²) in [6.45, 7) is 1.99. The number of anilines is 4. The molecule has 3 aromatic heterocycles. The maximum absolute atomic E-state index is 9.42. The number of nitriles is 1. The van der Waals surface area contributed by atoms with Gasteiger partial charge in [0.1, 0.15) is 17.6 Å². The zero-order valence-electron chi connectivity index (χ0n) is 15.8. The average molecular weight is 431 g/mol. The Morgan fingerprint density at radius 1 is 1.00 bits per heavy atom. The summed E-state index contributed by atoms with van der Waals surface area (Å²) in [5.41, 5.74) is 4.60. The molecule has 5 rings (SSSR count). The summed E-state index contributed by atoms with van der Waals surface area (Å²) in [6, 6.07) is 17.4. The molecule has 3 N–H and O–H groups in total. The van der Waals surface area contributed by atoms with Crippen LogP contribution in [0.3, 0.4) is 0 Å². The van der Waals surface area contributed by atoms with E-state index in [0.717, 1.165) is 43.2 Å². The Hall–Kier alpha value is -3.60. The number of H-pyrrole nitrogens is 1. The second-order valence-corrected chi connectivity index (χ2v) is 8.44. The highest BCUT2D eigenvalue weighted by atomic mass is 35.5. The number of hydrogen-bond donors (Lipinski definition) is 3. The van der Waals surface area contributed by atoms with Crippen molar-refractivity contribution in [3.8, 4) is 6.07 Å². The molecular weight excluding hydrogens is 416 g/mol. The fraction of sp³-hybridized carbons (Fsp3) is 0.0455. The molecule has 0 aliphatic rings. The van der Waals surface area contributed by atoms with Gasteiger partial charge in [-0.05, 0) is 49.4 Å². The molecule has 0 amide bonds. The van der Waals surface area contributed by atoms with Crippen molar-refractivity contribution < 1.29 is 0 Å². The molecule has 0 spiro atoms. The first-order valence-corrected chi connectivity index (χ1v) is 10.4. The van der Waals surface area contributed by atoms with E-state index >= 15 is 0 Å². The minimum Gasteiger partial charge on any atom is -0.361 e. The Labute approximate surface area is 181 Å². The molecule has 0 aliphatic heterocycles. The van der Waals surface area contributed by atoms with Gasteiger partial charge in [-0.25, -0.2) is 9.97 Å². The van der Waals surface area contributed by atoms with Crippen LogP contribution >= 0.6 is 22.9 Å². The van der Waals surface area contributed by atoms with Crippen molar-refractivity contribution >= 4 is 66.9 Å². The molecule has 0 aliphatic carbocycles. The Kier molecular flexibility index (Phi) is 4.51. The van der Waals surface area contributed by atoms with Crippen LogP contribution in [0.15, 0.2) is 54.7 Å². The van der Waals surface area contributed by atoms with Crippen LogP contribution in [0.25, 0.3) is 21.1 Å². The molecule has 3 heterocycles. The number of pyridine rings is 1. The predicted molar refractivity (Wildman–Crippen MR) is 123 cm³/mol. The predicted octanol–water partition coefficient (Wildman–Crippen LogP) is 6.49. The molecule has 0 saturated heterocycles. The molecule has 0 saturated carbocycles. The molecule has 146 valence electrons. The second-order valence-electron chi connectivity index (χ2n) is 6.80. The normalized spacial score (nSPS) is 11.0. The minimum atomic E-state index is 0.306. The number of fused-ring (bicyclic) bond motifs is 2. The van der Waals surface area contributed by atoms with E-state index in [-0.39, 0.29) is 0 Å². The molecule has 0 fully saturated rings. The Morgan fingerprint density at radius 2 is 1.87 bits per heavy atom. The Morgan fingerprint density at radius 3 is 2.73 bits per heavy atom. The van der Waals surface area contributed by atoms with E-state index in [1.54, 1.807) is 17.4 Å². The van der Waals surface area contributed by atoms with Gasteiger partial charge in [-0.1, -0.05) is 11.6 Å². The van der Waals surface area contributed by atoms with Crippen molar-refractivity contribution in [2.75, 3.05) is 10.6 Å². The van der Waals surface area contributed by atoms with E-state index in [0.29, 0.717) is 16.5 Å². The van der Waals surface area contributed by atoms with Crippen LogP contribution in [0.4, 0.5) is 22.9 Å². The van der Waals surface area contributed by atoms with Crippen LogP contribution in [0.5, 0.6) is 0 Å². The van der Waals surface area contributed by atoms with Gasteiger partial charge in [-0.3, -0.25) is 0 Å². The number of rotatable bonds is 4. The molecule has 0 unspecified atom stereocenters. The largest absolute Gasteiger partial charge is 0.361 e. The molecular formula is C22H15ClN6S. The van der Waals surface area contributed by atoms with E-state index in [9.17, 15) is 5.26 Å². The lowest BCUT2D eigenvalue weighted by molar-refractivity contribution is 1.25. The molecule has 0 bridgehead atoms. The molecule has 0 radical (unpaired) electrons. The monoisotopic (exact) mass is 430 g/mol. The number of hydrogen-bond acceptors (Lipinski definition) is 6. The van der Waals surface area contributed by atoms with Gasteiger partial charge in [0.25, 0.3) is 0 Å². The zero-order valence-corrected chi connectivity index (χ0v) is 17.4. The maximum Gasteiger partial charge on any atom is 0.144 e. The lowest BCUT2D eigenvalue weighted by Gasteiger charge is -2.11. The van der Waals surface area contributed by atoms with E-state index in [1.165, 1.54) is 0 Å². The van der Waals surface area contributed by atoms with E-state index in [1.807, 2.05) is 55.6 Å². The fourth-order valence-corrected chi connectivity index (χ4v) is 4.44. The lowest BCUT2D eigenvalue weighted by atomic mass is 10.2. The zero-order chi connectivity index (χ0) is 20.7. The highest BCUT2D eigenvalue weighted by Gasteiger charge is 2.08. The molecule has 6 nitrogen and oxygen atoms in total. The Balaban J connectivity index is 1.47. The topological polar surface area (TPSA) is 89.4 Å². The molecule has 5 aromatic rings. The molecule has 30 heavy (non-hydrogen) atoms. The SMILES string of the molecule is Cc1nc2cc(Nc3cc(C#N)nc(Nc4cc(Cl)c5cc[nH]c5c4)c3)ccc2s1. The lowest BCUT2D eigenvalue weighted by Crippen LogP contribution is -1.99. The summed E-state index contributed by atoms with van der Waals surface area (Å²) in [5, 5.41) is 18.6. The van der Waals surface area contributed by atoms with Gasteiger partial charge >= 0.3 is 0 Å². The number of aryl methyl sites for hydroxylation is 1. The third kappa shape index (κ3) is 3.54. The first kappa shape index (κ1) is 18.4. The van der Waals surface area contributed by atoms with Crippen molar-refractivity contribution in [3.63, 3.8) is 0 Å². The van der Waals surface area contributed by atoms with Gasteiger partial charge in [0.2, 0.25) is 0 Å². The number of halogens is 1. The molecule has 8 heteroatoms. The summed E-state index contributed by atoms with van der Waals surface area (Å²) < 4.78 is 1.14. The number of aromatic nitrogens is 3. The number of benzene rings is 2. The maximum atomic E-state index is 9.42. The second kappa shape index (κ2) is 7.34. The van der Waals surface area contributed by atoms with Crippen LogP contribution in [-0.2, 0) is 0 Å². The number of thiazole rings is 1. The van der Waals surface area contributed by atoms with Crippen molar-refractivity contribution in [1.29, 1.82) is 5.26 Å². The van der Waals surface area contributed by atoms with Gasteiger partial charge in [-0.2, -0.15) is 5.26 Å². The van der Waals surface area contributed by atoms with Gasteiger partial charge < -0.3 is 15.6 Å². The van der Waals surface area contributed by atoms with Gasteiger partial charge in [0, 0.05) is 40.2 Å². The van der Waals surface area contributed by atoms with Gasteiger partial charge in [-0.15, -0.1) is 11.3 Å². The van der Waals surface area contributed by atoms with Crippen LogP contribution < -0.4 is 10.6 Å². The quantitative estimate of drug-likeness (QED) is 0.303. The number of nitrogens with zero attached hydrogens (tertiary/aromatic N) is 3. The van der Waals surface area contributed by atoms with Gasteiger partial charge in [0.15, 0.2) is 0 Å². The first-order chi connectivity index (χ1) is 14.6. The van der Waals surface area contributed by atoms with Crippen LogP contribution in [0, 0.1) is 18.3 Å². The summed E-state index contributed by atoms with van der Waals surface area (Å²) in [4.78, 5) is 12.1. The van der Waals surface area contributed by atoms with Crippen molar-refractivity contribution in [2.45, 2.75) is 6.92 Å². The standard InChI is InChI=1S/C22H15ClN6S/c1-12-26-20-8-13(2-3-21(20)30-12)27-14-6-16(11-24)29-22(10-14)28-15-7-18(23)17-4-5-25-19(17)9-15/h2-10,25H,1H3,(H2,27,28,29). The number of aromatic amines is 1. The van der Waals surface area contributed by atoms with Crippen LogP contribution in [0.2, 0.25) is 5.02 Å². The third-order valence-electron chi connectivity index (χ3n) is 4.61. The number of nitrogens with one attached hydrogen (secondary N) is 3. The highest BCUT2D eigenvalue weighted by molar-refractivity contribution is 7.18. The third-order valence-corrected chi connectivity index (χ3v) is 5.88. The Bertz CT molecular complexity index is 1450. The summed E-state index contributed by atoms with van der Waals surface area (Å²) in [7, 11) is 0.